The Hall–Kier alpha value is -6.12. The molecule has 0 saturated heterocycles. The first-order chi connectivity index (χ1) is 22.8. The summed E-state index contributed by atoms with van der Waals surface area (Å²) in [6, 6.07) is 59.6. The smallest absolute Gasteiger partial charge is 0.135 e. The van der Waals surface area contributed by atoms with Crippen molar-refractivity contribution < 1.29 is 9.15 Å². The third-order valence-corrected chi connectivity index (χ3v) is 8.96. The van der Waals surface area contributed by atoms with Crippen molar-refractivity contribution in [1.29, 1.82) is 0 Å². The monoisotopic (exact) mass is 588 g/mol. The normalized spacial score (nSPS) is 11.7. The van der Waals surface area contributed by atoms with Crippen LogP contribution in [0.5, 0.6) is 11.5 Å². The first-order valence-electron chi connectivity index (χ1n) is 15.6. The summed E-state index contributed by atoms with van der Waals surface area (Å²) in [6.45, 7) is 0. The van der Waals surface area contributed by atoms with E-state index in [1.54, 1.807) is 0 Å². The average molecular weight is 589 g/mol. The molecule has 0 atom stereocenters. The van der Waals surface area contributed by atoms with Gasteiger partial charge in [0.05, 0.1) is 0 Å². The van der Waals surface area contributed by atoms with Gasteiger partial charge in [-0.1, -0.05) is 133 Å². The molecule has 1 aromatic heterocycles. The van der Waals surface area contributed by atoms with Crippen molar-refractivity contribution in [3.05, 3.63) is 170 Å². The topological polar surface area (TPSA) is 22.4 Å². The van der Waals surface area contributed by atoms with Gasteiger partial charge in [-0.3, -0.25) is 0 Å². The van der Waals surface area contributed by atoms with Gasteiger partial charge in [0, 0.05) is 22.1 Å². The van der Waals surface area contributed by atoms with Crippen molar-refractivity contribution in [1.82, 2.24) is 0 Å². The third kappa shape index (κ3) is 4.43. The molecule has 1 aliphatic heterocycles. The van der Waals surface area contributed by atoms with E-state index in [2.05, 4.69) is 158 Å². The largest absolute Gasteiger partial charge is 0.456 e. The molecular formula is C44H28O2. The quantitative estimate of drug-likeness (QED) is 0.200. The second-order valence-electron chi connectivity index (χ2n) is 11.7. The maximum absolute atomic E-state index is 6.51. The Morgan fingerprint density at radius 1 is 0.304 bits per heavy atom. The van der Waals surface area contributed by atoms with Crippen LogP contribution in [0.4, 0.5) is 0 Å². The van der Waals surface area contributed by atoms with Gasteiger partial charge in [-0.2, -0.15) is 0 Å². The number of furan rings is 1. The van der Waals surface area contributed by atoms with E-state index in [1.807, 2.05) is 12.1 Å². The van der Waals surface area contributed by atoms with Gasteiger partial charge in [0.1, 0.15) is 23.0 Å². The van der Waals surface area contributed by atoms with Crippen molar-refractivity contribution in [3.63, 3.8) is 0 Å². The highest BCUT2D eigenvalue weighted by Gasteiger charge is 2.22. The summed E-state index contributed by atoms with van der Waals surface area (Å²) in [6.07, 6.45) is 0. The zero-order valence-electron chi connectivity index (χ0n) is 25.0. The molecule has 7 aromatic carbocycles. The molecule has 0 aliphatic carbocycles. The Bertz CT molecular complexity index is 2370. The maximum Gasteiger partial charge on any atom is 0.135 e. The van der Waals surface area contributed by atoms with E-state index in [1.165, 1.54) is 33.4 Å². The molecule has 1 aliphatic rings. The van der Waals surface area contributed by atoms with Crippen LogP contribution in [0, 0.1) is 0 Å². The zero-order valence-corrected chi connectivity index (χ0v) is 25.0. The minimum Gasteiger partial charge on any atom is -0.456 e. The molecule has 216 valence electrons. The van der Waals surface area contributed by atoms with Gasteiger partial charge < -0.3 is 9.15 Å². The molecule has 2 nitrogen and oxygen atoms in total. The number of benzene rings is 7. The van der Waals surface area contributed by atoms with Gasteiger partial charge in [0.2, 0.25) is 0 Å². The Kier molecular flexibility index (Phi) is 6.17. The van der Waals surface area contributed by atoms with Crippen molar-refractivity contribution in [3.8, 4) is 78.7 Å². The van der Waals surface area contributed by atoms with Crippen molar-refractivity contribution >= 4 is 10.8 Å². The molecule has 0 N–H and O–H groups in total. The molecule has 46 heavy (non-hydrogen) atoms. The number of hydrogen-bond acceptors (Lipinski definition) is 2. The summed E-state index contributed by atoms with van der Waals surface area (Å²) in [7, 11) is 0. The molecule has 0 spiro atoms. The van der Waals surface area contributed by atoms with Crippen LogP contribution in [-0.2, 0) is 0 Å². The molecule has 2 heteroatoms. The first kappa shape index (κ1) is 26.3. The molecule has 0 bridgehead atoms. The van der Waals surface area contributed by atoms with Crippen LogP contribution in [0.1, 0.15) is 0 Å². The highest BCUT2D eigenvalue weighted by atomic mass is 16.5. The van der Waals surface area contributed by atoms with E-state index >= 15 is 0 Å². The standard InChI is InChI=1S/C44H28O2/c1-3-10-30(11-4-1)34-23-22-33(28-39(34)31-12-5-2-6-13-31)29-18-20-32(21-19-29)40-26-27-42(45-40)36-24-25-43-44-37(15-9-16-38(36)44)35-14-7-8-17-41(35)46-43/h1-28H. The minimum atomic E-state index is 0.839. The summed E-state index contributed by atoms with van der Waals surface area (Å²) in [5.41, 5.74) is 11.6. The van der Waals surface area contributed by atoms with Crippen LogP contribution in [0.25, 0.3) is 77.9 Å². The summed E-state index contributed by atoms with van der Waals surface area (Å²) in [4.78, 5) is 0. The van der Waals surface area contributed by atoms with E-state index in [9.17, 15) is 0 Å². The number of hydrogen-bond donors (Lipinski definition) is 0. The van der Waals surface area contributed by atoms with Gasteiger partial charge in [0.15, 0.2) is 0 Å². The van der Waals surface area contributed by atoms with Gasteiger partial charge in [-0.15, -0.1) is 0 Å². The summed E-state index contributed by atoms with van der Waals surface area (Å²) in [5.74, 6) is 3.45. The number of rotatable bonds is 5. The molecule has 0 saturated carbocycles. The fraction of sp³-hybridized carbons (Fsp3) is 0. The lowest BCUT2D eigenvalue weighted by Gasteiger charge is -2.22. The molecule has 8 aromatic rings. The number of ether oxygens (including phenoxy) is 1. The molecule has 0 unspecified atom stereocenters. The Labute approximate surface area is 267 Å². The Balaban J connectivity index is 1.06. The summed E-state index contributed by atoms with van der Waals surface area (Å²) >= 11 is 0. The van der Waals surface area contributed by atoms with E-state index < -0.39 is 0 Å². The average Bonchev–Trinajstić information content (AvgIpc) is 3.63. The van der Waals surface area contributed by atoms with Crippen molar-refractivity contribution in [2.75, 3.05) is 0 Å². The lowest BCUT2D eigenvalue weighted by atomic mass is 9.91. The fourth-order valence-corrected chi connectivity index (χ4v) is 6.71. The predicted octanol–water partition coefficient (Wildman–Crippen LogP) is 12.5. The van der Waals surface area contributed by atoms with E-state index in [-0.39, 0.29) is 0 Å². The molecule has 0 radical (unpaired) electrons. The molecule has 9 rings (SSSR count). The summed E-state index contributed by atoms with van der Waals surface area (Å²) < 4.78 is 12.8. The van der Waals surface area contributed by atoms with Crippen LogP contribution in [0.2, 0.25) is 0 Å². The molecule has 2 heterocycles. The van der Waals surface area contributed by atoms with E-state index in [4.69, 9.17) is 9.15 Å². The molecule has 0 fully saturated rings. The van der Waals surface area contributed by atoms with Gasteiger partial charge in [-0.05, 0) is 80.7 Å². The van der Waals surface area contributed by atoms with Crippen LogP contribution >= 0.6 is 0 Å². The van der Waals surface area contributed by atoms with Gasteiger partial charge in [0.25, 0.3) is 0 Å². The number of fused-ring (bicyclic) bond motifs is 2. The lowest BCUT2D eigenvalue weighted by Crippen LogP contribution is -1.97. The predicted molar refractivity (Wildman–Crippen MR) is 189 cm³/mol. The van der Waals surface area contributed by atoms with Crippen molar-refractivity contribution in [2.24, 2.45) is 0 Å². The maximum atomic E-state index is 6.51. The van der Waals surface area contributed by atoms with Crippen LogP contribution in [-0.4, -0.2) is 0 Å². The van der Waals surface area contributed by atoms with E-state index in [0.29, 0.717) is 0 Å². The summed E-state index contributed by atoms with van der Waals surface area (Å²) in [5, 5.41) is 2.24. The lowest BCUT2D eigenvalue weighted by molar-refractivity contribution is 0.487. The Morgan fingerprint density at radius 2 is 0.935 bits per heavy atom. The first-order valence-corrected chi connectivity index (χ1v) is 15.6. The van der Waals surface area contributed by atoms with Crippen molar-refractivity contribution in [2.45, 2.75) is 0 Å². The number of para-hydroxylation sites is 1. The van der Waals surface area contributed by atoms with Crippen LogP contribution in [0.3, 0.4) is 0 Å². The van der Waals surface area contributed by atoms with Crippen LogP contribution < -0.4 is 4.74 Å². The highest BCUT2D eigenvalue weighted by molar-refractivity contribution is 6.09. The second-order valence-corrected chi connectivity index (χ2v) is 11.7. The molecule has 0 amide bonds. The SMILES string of the molecule is c1ccc(-c2ccc(-c3ccc(-c4ccc(-c5ccc6c7c(cccc57)-c5ccccc5O6)o4)cc3)cc2-c2ccccc2)cc1. The minimum absolute atomic E-state index is 0.839. The van der Waals surface area contributed by atoms with Crippen LogP contribution in [0.15, 0.2) is 174 Å². The van der Waals surface area contributed by atoms with Gasteiger partial charge in [-0.25, -0.2) is 0 Å². The fourth-order valence-electron chi connectivity index (χ4n) is 6.71. The van der Waals surface area contributed by atoms with E-state index in [0.717, 1.165) is 56.0 Å². The zero-order chi connectivity index (χ0) is 30.5. The molecular weight excluding hydrogens is 560 g/mol. The Morgan fingerprint density at radius 3 is 1.74 bits per heavy atom. The van der Waals surface area contributed by atoms with Gasteiger partial charge >= 0.3 is 0 Å². The third-order valence-electron chi connectivity index (χ3n) is 8.96. The highest BCUT2D eigenvalue weighted by Crippen LogP contribution is 2.48. The second kappa shape index (κ2) is 10.8.